The van der Waals surface area contributed by atoms with E-state index in [0.29, 0.717) is 34.3 Å². The zero-order valence-corrected chi connectivity index (χ0v) is 20.1. The van der Waals surface area contributed by atoms with Crippen LogP contribution in [0.15, 0.2) is 17.3 Å². The molecule has 0 amide bonds. The topological polar surface area (TPSA) is 104 Å². The van der Waals surface area contributed by atoms with Crippen LogP contribution in [0.1, 0.15) is 56.0 Å². The fourth-order valence-electron chi connectivity index (χ4n) is 6.07. The van der Waals surface area contributed by atoms with Crippen molar-refractivity contribution in [2.75, 3.05) is 35.7 Å². The summed E-state index contributed by atoms with van der Waals surface area (Å²) in [5, 5.41) is 14.1. The second-order valence-corrected chi connectivity index (χ2v) is 11.9. The minimum atomic E-state index is -1.10. The molecule has 3 unspecified atom stereocenters. The van der Waals surface area contributed by atoms with Crippen LogP contribution in [0, 0.1) is 11.8 Å². The molecule has 0 aromatic carbocycles. The molecule has 8 nitrogen and oxygen atoms in total. The van der Waals surface area contributed by atoms with Gasteiger partial charge in [-0.2, -0.15) is 4.98 Å². The molecule has 3 atom stereocenters. The molecule has 0 spiro atoms. The van der Waals surface area contributed by atoms with Gasteiger partial charge in [0.05, 0.1) is 33.7 Å². The van der Waals surface area contributed by atoms with Crippen LogP contribution >= 0.6 is 11.6 Å². The molecule has 2 bridgehead atoms. The first-order chi connectivity index (χ1) is 16.0. The first-order valence-electron chi connectivity index (χ1n) is 12.0. The van der Waals surface area contributed by atoms with E-state index in [-0.39, 0.29) is 12.1 Å². The molecule has 1 saturated heterocycles. The van der Waals surface area contributed by atoms with Crippen molar-refractivity contribution in [2.24, 2.45) is 11.8 Å². The van der Waals surface area contributed by atoms with Gasteiger partial charge in [-0.3, -0.25) is 4.21 Å². The molecule has 0 radical (unpaired) electrons. The van der Waals surface area contributed by atoms with Crippen molar-refractivity contribution >= 4 is 34.2 Å². The molecule has 2 N–H and O–H groups in total. The Morgan fingerprint density at radius 3 is 2.52 bits per heavy atom. The number of aromatic nitrogens is 4. The van der Waals surface area contributed by atoms with Gasteiger partial charge in [0.25, 0.3) is 0 Å². The quantitative estimate of drug-likeness (QED) is 0.662. The normalized spacial score (nSPS) is 29.9. The van der Waals surface area contributed by atoms with Gasteiger partial charge in [-0.15, -0.1) is 0 Å². The van der Waals surface area contributed by atoms with Crippen LogP contribution in [-0.2, 0) is 17.2 Å². The van der Waals surface area contributed by atoms with Crippen LogP contribution in [0.3, 0.4) is 0 Å². The van der Waals surface area contributed by atoms with Crippen LogP contribution in [0.2, 0.25) is 5.02 Å². The molecular formula is C23H29ClN6O2S. The molecule has 2 saturated carbocycles. The van der Waals surface area contributed by atoms with Gasteiger partial charge in [0.15, 0.2) is 0 Å². The van der Waals surface area contributed by atoms with E-state index in [4.69, 9.17) is 21.6 Å². The van der Waals surface area contributed by atoms with E-state index in [1.165, 1.54) is 0 Å². The number of piperidine rings is 1. The fourth-order valence-corrected chi connectivity index (χ4v) is 7.50. The highest BCUT2D eigenvalue weighted by Gasteiger charge is 2.45. The third-order valence-corrected chi connectivity index (χ3v) is 9.69. The molecule has 6 rings (SSSR count). The molecule has 3 fully saturated rings. The van der Waals surface area contributed by atoms with E-state index in [1.807, 2.05) is 0 Å². The number of halogens is 1. The molecule has 2 aliphatic carbocycles. The molecule has 176 valence electrons. The Morgan fingerprint density at radius 1 is 1.15 bits per heavy atom. The van der Waals surface area contributed by atoms with E-state index >= 15 is 0 Å². The summed E-state index contributed by atoms with van der Waals surface area (Å²) < 4.78 is 12.9. The third kappa shape index (κ3) is 3.82. The summed E-state index contributed by atoms with van der Waals surface area (Å²) in [4.78, 5) is 22.0. The average molecular weight is 489 g/mol. The molecule has 2 aromatic heterocycles. The first-order valence-corrected chi connectivity index (χ1v) is 13.7. The van der Waals surface area contributed by atoms with E-state index in [1.54, 1.807) is 12.4 Å². The lowest BCUT2D eigenvalue weighted by molar-refractivity contribution is 0.143. The minimum Gasteiger partial charge on any atom is -0.394 e. The summed E-state index contributed by atoms with van der Waals surface area (Å²) in [5.41, 5.74) is 0.550. The maximum absolute atomic E-state index is 12.9. The van der Waals surface area contributed by atoms with Crippen LogP contribution in [0.4, 0.5) is 11.8 Å². The predicted molar refractivity (Wildman–Crippen MR) is 127 cm³/mol. The maximum Gasteiger partial charge on any atom is 0.227 e. The van der Waals surface area contributed by atoms with Gasteiger partial charge in [-0.05, 0) is 56.8 Å². The van der Waals surface area contributed by atoms with Gasteiger partial charge in [0, 0.05) is 37.2 Å². The maximum atomic E-state index is 12.9. The van der Waals surface area contributed by atoms with E-state index in [2.05, 4.69) is 20.2 Å². The smallest absolute Gasteiger partial charge is 0.227 e. The number of nitrogens with zero attached hydrogens (tertiary/aromatic N) is 5. The summed E-state index contributed by atoms with van der Waals surface area (Å²) in [7, 11) is -1.10. The lowest BCUT2D eigenvalue weighted by atomic mass is 9.77. The minimum absolute atomic E-state index is 0.0599. The Bertz CT molecular complexity index is 1060. The number of aryl methyl sites for hydroxylation is 1. The van der Waals surface area contributed by atoms with Crippen molar-refractivity contribution in [2.45, 2.75) is 61.3 Å². The molecular weight excluding hydrogens is 460 g/mol. The summed E-state index contributed by atoms with van der Waals surface area (Å²) >= 11 is 6.00. The Hall–Kier alpha value is -1.84. The zero-order valence-electron chi connectivity index (χ0n) is 18.5. The van der Waals surface area contributed by atoms with Crippen molar-refractivity contribution in [3.63, 3.8) is 0 Å². The summed E-state index contributed by atoms with van der Waals surface area (Å²) in [6, 6.07) is 0. The Labute approximate surface area is 201 Å². The highest BCUT2D eigenvalue weighted by atomic mass is 35.5. The first kappa shape index (κ1) is 21.7. The molecule has 2 aromatic rings. The van der Waals surface area contributed by atoms with E-state index in [9.17, 15) is 9.32 Å². The highest BCUT2D eigenvalue weighted by molar-refractivity contribution is 7.85. The third-order valence-electron chi connectivity index (χ3n) is 7.95. The van der Waals surface area contributed by atoms with Crippen LogP contribution in [0.25, 0.3) is 0 Å². The number of aliphatic hydroxyl groups is 1. The SMILES string of the molecule is O=S1CCCc2nc(N3CC4CCC(C3)C4c3ncc(Cl)cn3)nc(NC3(CO)CCC3)c21. The van der Waals surface area contributed by atoms with E-state index < -0.39 is 10.8 Å². The summed E-state index contributed by atoms with van der Waals surface area (Å²) in [6.07, 6.45) is 10.3. The van der Waals surface area contributed by atoms with Crippen LogP contribution < -0.4 is 10.2 Å². The Kier molecular flexibility index (Phi) is 5.54. The van der Waals surface area contributed by atoms with Gasteiger partial charge in [-0.25, -0.2) is 15.0 Å². The van der Waals surface area contributed by atoms with Crippen molar-refractivity contribution < 1.29 is 9.32 Å². The number of rotatable bonds is 5. The van der Waals surface area contributed by atoms with Crippen molar-refractivity contribution in [1.82, 2.24) is 19.9 Å². The molecule has 10 heteroatoms. The van der Waals surface area contributed by atoms with Crippen molar-refractivity contribution in [1.29, 1.82) is 0 Å². The van der Waals surface area contributed by atoms with Crippen molar-refractivity contribution in [3.8, 4) is 0 Å². The number of anilines is 2. The number of aliphatic hydroxyl groups excluding tert-OH is 1. The van der Waals surface area contributed by atoms with E-state index in [0.717, 1.165) is 80.4 Å². The second kappa shape index (κ2) is 8.43. The fraction of sp³-hybridized carbons (Fsp3) is 0.652. The Balaban J connectivity index is 1.31. The second-order valence-electron chi connectivity index (χ2n) is 10.0. The summed E-state index contributed by atoms with van der Waals surface area (Å²) in [5.74, 6) is 4.16. The van der Waals surface area contributed by atoms with Crippen molar-refractivity contribution in [3.05, 3.63) is 28.9 Å². The Morgan fingerprint density at radius 2 is 1.88 bits per heavy atom. The highest BCUT2D eigenvalue weighted by Crippen LogP contribution is 2.48. The standard InChI is InChI=1S/C23H29ClN6O2S/c24-16-9-25-20(26-10-16)18-14-4-5-15(18)12-30(11-14)22-27-17-3-1-8-33(32)19(17)21(28-22)29-23(13-31)6-2-7-23/h9-10,14-15,18,31H,1-8,11-13H2,(H,27,28,29). The largest absolute Gasteiger partial charge is 0.394 e. The monoisotopic (exact) mass is 488 g/mol. The molecule has 2 aliphatic heterocycles. The summed E-state index contributed by atoms with van der Waals surface area (Å²) in [6.45, 7) is 1.78. The van der Waals surface area contributed by atoms with Gasteiger partial charge in [0.1, 0.15) is 16.5 Å². The molecule has 4 heterocycles. The lowest BCUT2D eigenvalue weighted by Gasteiger charge is -2.42. The van der Waals surface area contributed by atoms with Crippen LogP contribution in [0.5, 0.6) is 0 Å². The zero-order chi connectivity index (χ0) is 22.6. The number of hydrogen-bond acceptors (Lipinski definition) is 8. The average Bonchev–Trinajstić information content (AvgIpc) is 3.05. The lowest BCUT2D eigenvalue weighted by Crippen LogP contribution is -2.49. The number of hydrogen-bond donors (Lipinski definition) is 2. The predicted octanol–water partition coefficient (Wildman–Crippen LogP) is 2.93. The van der Waals surface area contributed by atoms with Gasteiger partial charge in [-0.1, -0.05) is 11.6 Å². The van der Waals surface area contributed by atoms with Gasteiger partial charge >= 0.3 is 0 Å². The number of nitrogens with one attached hydrogen (secondary N) is 1. The van der Waals surface area contributed by atoms with Gasteiger partial charge in [0.2, 0.25) is 5.95 Å². The molecule has 4 aliphatic rings. The van der Waals surface area contributed by atoms with Crippen LogP contribution in [-0.4, -0.2) is 60.2 Å². The molecule has 33 heavy (non-hydrogen) atoms. The van der Waals surface area contributed by atoms with Gasteiger partial charge < -0.3 is 15.3 Å². The number of fused-ring (bicyclic) bond motifs is 3.